The number of ether oxygens (including phenoxy) is 1. The van der Waals surface area contributed by atoms with Gasteiger partial charge in [0.15, 0.2) is 5.96 Å². The molecule has 2 aliphatic heterocycles. The molecule has 6 nitrogen and oxygen atoms in total. The number of carbonyl (C=O) groups is 1. The second kappa shape index (κ2) is 11.6. The molecule has 1 N–H and O–H groups in total. The predicted molar refractivity (Wildman–Crippen MR) is 125 cm³/mol. The zero-order valence-corrected chi connectivity index (χ0v) is 19.4. The van der Waals surface area contributed by atoms with Crippen molar-refractivity contribution in [1.82, 2.24) is 10.2 Å². The first kappa shape index (κ1) is 22.9. The van der Waals surface area contributed by atoms with Crippen molar-refractivity contribution < 1.29 is 9.53 Å². The molecule has 1 saturated heterocycles. The number of guanidine groups is 1. The Hall–Kier alpha value is -1.35. The summed E-state index contributed by atoms with van der Waals surface area (Å²) in [5.74, 6) is 1.70. The average Bonchev–Trinajstić information content (AvgIpc) is 3.33. The van der Waals surface area contributed by atoms with Gasteiger partial charge in [0, 0.05) is 57.9 Å². The first-order valence-corrected chi connectivity index (χ1v) is 10.1. The third-order valence-electron chi connectivity index (χ3n) is 5.25. The van der Waals surface area contributed by atoms with Crippen LogP contribution in [0.25, 0.3) is 0 Å². The van der Waals surface area contributed by atoms with Crippen molar-refractivity contribution in [3.8, 4) is 0 Å². The maximum Gasteiger partial charge on any atom is 0.227 e. The highest BCUT2D eigenvalue weighted by molar-refractivity contribution is 14.0. The Morgan fingerprint density at radius 2 is 2.21 bits per heavy atom. The second-order valence-electron chi connectivity index (χ2n) is 7.37. The molecule has 0 radical (unpaired) electrons. The second-order valence-corrected chi connectivity index (χ2v) is 7.37. The number of nitrogens with one attached hydrogen (secondary N) is 1. The van der Waals surface area contributed by atoms with E-state index in [1.54, 1.807) is 0 Å². The zero-order chi connectivity index (χ0) is 19.1. The highest BCUT2D eigenvalue weighted by Gasteiger charge is 2.23. The fourth-order valence-electron chi connectivity index (χ4n) is 3.82. The van der Waals surface area contributed by atoms with Crippen LogP contribution in [0.15, 0.2) is 29.3 Å². The summed E-state index contributed by atoms with van der Waals surface area (Å²) in [5.41, 5.74) is 2.36. The molecule has 2 heterocycles. The van der Waals surface area contributed by atoms with Crippen molar-refractivity contribution in [2.75, 3.05) is 51.3 Å². The Morgan fingerprint density at radius 1 is 1.39 bits per heavy atom. The van der Waals surface area contributed by atoms with Crippen LogP contribution >= 0.6 is 24.0 Å². The number of para-hydroxylation sites is 1. The summed E-state index contributed by atoms with van der Waals surface area (Å²) < 4.78 is 5.47. The Balaban J connectivity index is 0.00000280. The number of benzene rings is 1. The number of halogens is 1. The fourth-order valence-corrected chi connectivity index (χ4v) is 3.82. The van der Waals surface area contributed by atoms with Crippen LogP contribution in [0.1, 0.15) is 31.7 Å². The molecule has 0 aliphatic carbocycles. The number of nitrogens with zero attached hydrogens (tertiary/aromatic N) is 3. The maximum atomic E-state index is 12.6. The van der Waals surface area contributed by atoms with E-state index >= 15 is 0 Å². The number of hydrogen-bond acceptors (Lipinski definition) is 3. The van der Waals surface area contributed by atoms with E-state index < -0.39 is 0 Å². The summed E-state index contributed by atoms with van der Waals surface area (Å²) in [6, 6.07) is 8.20. The average molecular weight is 500 g/mol. The van der Waals surface area contributed by atoms with Gasteiger partial charge in [-0.1, -0.05) is 18.2 Å². The molecule has 1 unspecified atom stereocenters. The van der Waals surface area contributed by atoms with Crippen molar-refractivity contribution >= 4 is 41.5 Å². The van der Waals surface area contributed by atoms with Crippen LogP contribution in [-0.2, 0) is 16.0 Å². The van der Waals surface area contributed by atoms with Crippen LogP contribution in [0.2, 0.25) is 0 Å². The predicted octanol–water partition coefficient (Wildman–Crippen LogP) is 2.91. The number of amides is 1. The van der Waals surface area contributed by atoms with Gasteiger partial charge in [0.2, 0.25) is 5.91 Å². The Morgan fingerprint density at radius 3 is 2.96 bits per heavy atom. The Bertz CT molecular complexity index is 662. The molecule has 0 bridgehead atoms. The van der Waals surface area contributed by atoms with Gasteiger partial charge in [-0.2, -0.15) is 0 Å². The smallest absolute Gasteiger partial charge is 0.227 e. The molecule has 0 saturated carbocycles. The van der Waals surface area contributed by atoms with E-state index in [9.17, 15) is 4.79 Å². The van der Waals surface area contributed by atoms with E-state index in [1.165, 1.54) is 5.56 Å². The Kier molecular flexibility index (Phi) is 9.50. The first-order valence-electron chi connectivity index (χ1n) is 10.1. The number of rotatable bonds is 7. The highest BCUT2D eigenvalue weighted by atomic mass is 127. The molecule has 0 spiro atoms. The van der Waals surface area contributed by atoms with Crippen molar-refractivity contribution in [3.63, 3.8) is 0 Å². The van der Waals surface area contributed by atoms with Gasteiger partial charge < -0.3 is 19.9 Å². The number of anilines is 1. The molecule has 156 valence electrons. The summed E-state index contributed by atoms with van der Waals surface area (Å²) in [6.45, 7) is 7.05. The molecule has 28 heavy (non-hydrogen) atoms. The summed E-state index contributed by atoms with van der Waals surface area (Å²) >= 11 is 0. The van der Waals surface area contributed by atoms with E-state index in [4.69, 9.17) is 9.73 Å². The summed E-state index contributed by atoms with van der Waals surface area (Å²) in [6.07, 6.45) is 3.39. The minimum Gasteiger partial charge on any atom is -0.381 e. The molecule has 1 fully saturated rings. The van der Waals surface area contributed by atoms with Crippen LogP contribution < -0.4 is 10.2 Å². The van der Waals surface area contributed by atoms with E-state index in [0.29, 0.717) is 18.9 Å². The van der Waals surface area contributed by atoms with Crippen molar-refractivity contribution in [3.05, 3.63) is 29.8 Å². The van der Waals surface area contributed by atoms with Gasteiger partial charge in [-0.05, 0) is 37.8 Å². The van der Waals surface area contributed by atoms with E-state index in [0.717, 1.165) is 63.8 Å². The maximum absolute atomic E-state index is 12.6. The van der Waals surface area contributed by atoms with Gasteiger partial charge in [-0.15, -0.1) is 24.0 Å². The summed E-state index contributed by atoms with van der Waals surface area (Å²) in [4.78, 5) is 21.4. The number of carbonyl (C=O) groups excluding carboxylic acids is 1. The molecular weight excluding hydrogens is 467 g/mol. The molecule has 1 aromatic rings. The lowest BCUT2D eigenvalue weighted by atomic mass is 10.1. The normalized spacial score (nSPS) is 18.6. The molecule has 3 rings (SSSR count). The lowest BCUT2D eigenvalue weighted by Gasteiger charge is -2.24. The van der Waals surface area contributed by atoms with Crippen LogP contribution in [0.3, 0.4) is 0 Å². The minimum atomic E-state index is 0. The number of hydrogen-bond donors (Lipinski definition) is 1. The number of aliphatic imine (C=N–C) groups is 1. The monoisotopic (exact) mass is 500 g/mol. The Labute approximate surface area is 185 Å². The lowest BCUT2D eigenvalue weighted by Crippen LogP contribution is -2.41. The van der Waals surface area contributed by atoms with Gasteiger partial charge in [-0.3, -0.25) is 9.79 Å². The SMILES string of the molecule is CCNC(=NCCCC(=O)N1CCc2ccccc21)N(C)CC1CCOC1.I. The molecular formula is C21H33IN4O2. The van der Waals surface area contributed by atoms with Gasteiger partial charge in [-0.25, -0.2) is 0 Å². The van der Waals surface area contributed by atoms with E-state index in [2.05, 4.69) is 30.3 Å². The zero-order valence-electron chi connectivity index (χ0n) is 17.0. The molecule has 1 aromatic carbocycles. The minimum absolute atomic E-state index is 0. The van der Waals surface area contributed by atoms with E-state index in [1.807, 2.05) is 23.1 Å². The lowest BCUT2D eigenvalue weighted by molar-refractivity contribution is -0.118. The van der Waals surface area contributed by atoms with Crippen molar-refractivity contribution in [1.29, 1.82) is 0 Å². The van der Waals surface area contributed by atoms with Crippen molar-refractivity contribution in [2.45, 2.75) is 32.6 Å². The van der Waals surface area contributed by atoms with Crippen LogP contribution in [-0.4, -0.2) is 63.2 Å². The van der Waals surface area contributed by atoms with Gasteiger partial charge in [0.25, 0.3) is 0 Å². The molecule has 1 amide bonds. The first-order chi connectivity index (χ1) is 13.2. The van der Waals surface area contributed by atoms with E-state index in [-0.39, 0.29) is 29.9 Å². The van der Waals surface area contributed by atoms with Crippen molar-refractivity contribution in [2.24, 2.45) is 10.9 Å². The standard InChI is InChI=1S/C21H32N4O2.HI/c1-3-22-21(24(2)15-17-11-14-27-16-17)23-12-6-9-20(26)25-13-10-18-7-4-5-8-19(18)25;/h4-5,7-8,17H,3,6,9-16H2,1-2H3,(H,22,23);1H. The molecule has 2 aliphatic rings. The third kappa shape index (κ3) is 6.07. The van der Waals surface area contributed by atoms with Gasteiger partial charge in [0.05, 0.1) is 6.61 Å². The molecule has 0 aromatic heterocycles. The van der Waals surface area contributed by atoms with Gasteiger partial charge >= 0.3 is 0 Å². The molecule has 7 heteroatoms. The fraction of sp³-hybridized carbons (Fsp3) is 0.619. The van der Waals surface area contributed by atoms with Crippen LogP contribution in [0.4, 0.5) is 5.69 Å². The van der Waals surface area contributed by atoms with Crippen LogP contribution in [0, 0.1) is 5.92 Å². The van der Waals surface area contributed by atoms with Crippen LogP contribution in [0.5, 0.6) is 0 Å². The highest BCUT2D eigenvalue weighted by Crippen LogP contribution is 2.28. The molecule has 1 atom stereocenters. The summed E-state index contributed by atoms with van der Waals surface area (Å²) in [7, 11) is 2.08. The largest absolute Gasteiger partial charge is 0.381 e. The topological polar surface area (TPSA) is 57.2 Å². The number of fused-ring (bicyclic) bond motifs is 1. The summed E-state index contributed by atoms with van der Waals surface area (Å²) in [5, 5.41) is 3.35. The third-order valence-corrected chi connectivity index (χ3v) is 5.25. The quantitative estimate of drug-likeness (QED) is 0.271. The van der Waals surface area contributed by atoms with Gasteiger partial charge in [0.1, 0.15) is 0 Å².